The molecular formula is C12H19BrN2O2S2. The molecule has 1 rings (SSSR count). The van der Waals surface area contributed by atoms with Gasteiger partial charge < -0.3 is 5.73 Å². The Hall–Kier alpha value is -0.0800. The van der Waals surface area contributed by atoms with Crippen LogP contribution in [-0.2, 0) is 16.6 Å². The van der Waals surface area contributed by atoms with Crippen LogP contribution >= 0.6 is 27.7 Å². The number of nitrogens with two attached hydrogens (primary N) is 1. The summed E-state index contributed by atoms with van der Waals surface area (Å²) in [6.45, 7) is 0.856. The lowest BCUT2D eigenvalue weighted by atomic mass is 10.2. The summed E-state index contributed by atoms with van der Waals surface area (Å²) in [5.41, 5.74) is 6.41. The zero-order chi connectivity index (χ0) is 14.3. The minimum Gasteiger partial charge on any atom is -0.326 e. The van der Waals surface area contributed by atoms with Gasteiger partial charge in [0.15, 0.2) is 0 Å². The van der Waals surface area contributed by atoms with E-state index in [1.165, 1.54) is 0 Å². The zero-order valence-corrected chi connectivity index (χ0v) is 14.1. The minimum absolute atomic E-state index is 0.259. The number of halogens is 1. The number of hydrogen-bond acceptors (Lipinski definition) is 4. The predicted molar refractivity (Wildman–Crippen MR) is 84.8 cm³/mol. The topological polar surface area (TPSA) is 72.2 Å². The van der Waals surface area contributed by atoms with Crippen molar-refractivity contribution in [3.05, 3.63) is 28.2 Å². The van der Waals surface area contributed by atoms with E-state index in [1.807, 2.05) is 6.26 Å². The molecule has 4 nitrogen and oxygen atoms in total. The molecule has 7 heteroatoms. The van der Waals surface area contributed by atoms with Crippen molar-refractivity contribution < 1.29 is 8.42 Å². The summed E-state index contributed by atoms with van der Waals surface area (Å²) in [5.74, 6) is 1.05. The van der Waals surface area contributed by atoms with Crippen LogP contribution in [0.5, 0.6) is 0 Å². The molecule has 19 heavy (non-hydrogen) atoms. The van der Waals surface area contributed by atoms with Crippen molar-refractivity contribution >= 4 is 37.7 Å². The SMILES string of the molecule is CSCCCCNS(=O)(=O)c1ccc(CN)cc1Br. The van der Waals surface area contributed by atoms with Crippen molar-refractivity contribution in [3.63, 3.8) is 0 Å². The fourth-order valence-electron chi connectivity index (χ4n) is 1.54. The fourth-order valence-corrected chi connectivity index (χ4v) is 4.23. The highest BCUT2D eigenvalue weighted by molar-refractivity contribution is 9.10. The van der Waals surface area contributed by atoms with E-state index in [-0.39, 0.29) is 4.90 Å². The molecule has 0 saturated heterocycles. The molecule has 3 N–H and O–H groups in total. The smallest absolute Gasteiger partial charge is 0.241 e. The molecule has 0 atom stereocenters. The lowest BCUT2D eigenvalue weighted by Crippen LogP contribution is -2.25. The second-order valence-corrected chi connectivity index (χ2v) is 7.64. The monoisotopic (exact) mass is 366 g/mol. The van der Waals surface area contributed by atoms with E-state index in [9.17, 15) is 8.42 Å². The molecule has 0 heterocycles. The Morgan fingerprint density at radius 2 is 2.11 bits per heavy atom. The summed E-state index contributed by atoms with van der Waals surface area (Å²) in [7, 11) is -3.45. The first kappa shape index (κ1) is 17.0. The Balaban J connectivity index is 2.67. The van der Waals surface area contributed by atoms with Gasteiger partial charge in [-0.25, -0.2) is 13.1 Å². The Morgan fingerprint density at radius 3 is 2.68 bits per heavy atom. The first-order valence-corrected chi connectivity index (χ1v) is 9.65. The van der Waals surface area contributed by atoms with Crippen LogP contribution in [0.3, 0.4) is 0 Å². The van der Waals surface area contributed by atoms with Crippen molar-refractivity contribution in [2.45, 2.75) is 24.3 Å². The lowest BCUT2D eigenvalue weighted by molar-refractivity contribution is 0.578. The molecule has 0 spiro atoms. The van der Waals surface area contributed by atoms with Crippen molar-refractivity contribution in [1.82, 2.24) is 4.72 Å². The van der Waals surface area contributed by atoms with Crippen LogP contribution in [0.4, 0.5) is 0 Å². The molecule has 0 bridgehead atoms. The third kappa shape index (κ3) is 5.43. The number of sulfonamides is 1. The molecule has 0 aromatic heterocycles. The van der Waals surface area contributed by atoms with Crippen molar-refractivity contribution in [2.24, 2.45) is 5.73 Å². The van der Waals surface area contributed by atoms with Crippen molar-refractivity contribution in [1.29, 1.82) is 0 Å². The van der Waals surface area contributed by atoms with E-state index < -0.39 is 10.0 Å². The normalized spacial score (nSPS) is 11.7. The van der Waals surface area contributed by atoms with Crippen LogP contribution in [0, 0.1) is 0 Å². The largest absolute Gasteiger partial charge is 0.326 e. The van der Waals surface area contributed by atoms with Crippen LogP contribution < -0.4 is 10.5 Å². The fraction of sp³-hybridized carbons (Fsp3) is 0.500. The van der Waals surface area contributed by atoms with Crippen molar-refractivity contribution in [3.8, 4) is 0 Å². The van der Waals surface area contributed by atoms with Crippen molar-refractivity contribution in [2.75, 3.05) is 18.6 Å². The standard InChI is InChI=1S/C12H19BrN2O2S2/c1-18-7-3-2-6-15-19(16,17)12-5-4-10(9-14)8-11(12)13/h4-5,8,15H,2-3,6-7,9,14H2,1H3. The minimum atomic E-state index is -3.45. The first-order chi connectivity index (χ1) is 9.01. The van der Waals surface area contributed by atoms with E-state index >= 15 is 0 Å². The average molecular weight is 367 g/mol. The number of thioether (sulfide) groups is 1. The molecule has 1 aromatic rings. The molecule has 0 saturated carbocycles. The van der Waals surface area contributed by atoms with Crippen LogP contribution in [0.15, 0.2) is 27.6 Å². The van der Waals surface area contributed by atoms with Gasteiger partial charge in [-0.05, 0) is 58.5 Å². The third-order valence-corrected chi connectivity index (χ3v) is 5.72. The molecule has 1 aromatic carbocycles. The summed E-state index contributed by atoms with van der Waals surface area (Å²) in [6, 6.07) is 5.05. The number of unbranched alkanes of at least 4 members (excludes halogenated alkanes) is 1. The molecular weight excluding hydrogens is 348 g/mol. The summed E-state index contributed by atoms with van der Waals surface area (Å²) in [6.07, 6.45) is 3.90. The Morgan fingerprint density at radius 1 is 1.37 bits per heavy atom. The number of rotatable bonds is 8. The second kappa shape index (κ2) is 8.26. The van der Waals surface area contributed by atoms with Gasteiger partial charge in [-0.3, -0.25) is 0 Å². The molecule has 0 aliphatic carbocycles. The molecule has 0 fully saturated rings. The summed E-state index contributed by atoms with van der Waals surface area (Å²) in [4.78, 5) is 0.259. The van der Waals surface area contributed by atoms with E-state index in [4.69, 9.17) is 5.73 Å². The number of nitrogens with one attached hydrogen (secondary N) is 1. The zero-order valence-electron chi connectivity index (χ0n) is 10.9. The molecule has 0 radical (unpaired) electrons. The maximum atomic E-state index is 12.1. The van der Waals surface area contributed by atoms with E-state index in [1.54, 1.807) is 30.0 Å². The van der Waals surface area contributed by atoms with Gasteiger partial charge in [0.25, 0.3) is 0 Å². The maximum absolute atomic E-state index is 12.1. The van der Waals surface area contributed by atoms with E-state index in [0.717, 1.165) is 24.2 Å². The highest BCUT2D eigenvalue weighted by Gasteiger charge is 2.16. The molecule has 0 aliphatic heterocycles. The highest BCUT2D eigenvalue weighted by Crippen LogP contribution is 2.23. The Labute approximate surface area is 127 Å². The molecule has 108 valence electrons. The summed E-state index contributed by atoms with van der Waals surface area (Å²) >= 11 is 5.05. The number of hydrogen-bond donors (Lipinski definition) is 2. The summed E-state index contributed by atoms with van der Waals surface area (Å²) in [5, 5.41) is 0. The van der Waals surface area contributed by atoms with Crippen LogP contribution in [0.2, 0.25) is 0 Å². The maximum Gasteiger partial charge on any atom is 0.241 e. The molecule has 0 amide bonds. The Kier molecular flexibility index (Phi) is 7.38. The van der Waals surface area contributed by atoms with Crippen LogP contribution in [-0.4, -0.2) is 27.0 Å². The Bertz CT molecular complexity index is 506. The predicted octanol–water partition coefficient (Wildman–Crippen LogP) is 2.33. The van der Waals surface area contributed by atoms with Gasteiger partial charge in [-0.2, -0.15) is 11.8 Å². The van der Waals surface area contributed by atoms with E-state index in [2.05, 4.69) is 20.7 Å². The van der Waals surface area contributed by atoms with Gasteiger partial charge in [0, 0.05) is 17.6 Å². The number of benzene rings is 1. The van der Waals surface area contributed by atoms with Crippen LogP contribution in [0.1, 0.15) is 18.4 Å². The van der Waals surface area contributed by atoms with Gasteiger partial charge in [0.1, 0.15) is 0 Å². The van der Waals surface area contributed by atoms with Gasteiger partial charge in [0.2, 0.25) is 10.0 Å². The van der Waals surface area contributed by atoms with Crippen LogP contribution in [0.25, 0.3) is 0 Å². The quantitative estimate of drug-likeness (QED) is 0.692. The first-order valence-electron chi connectivity index (χ1n) is 5.98. The highest BCUT2D eigenvalue weighted by atomic mass is 79.9. The lowest BCUT2D eigenvalue weighted by Gasteiger charge is -2.09. The van der Waals surface area contributed by atoms with Gasteiger partial charge in [-0.15, -0.1) is 0 Å². The average Bonchev–Trinajstić information content (AvgIpc) is 2.37. The second-order valence-electron chi connectivity index (χ2n) is 4.07. The molecule has 0 unspecified atom stereocenters. The summed E-state index contributed by atoms with van der Waals surface area (Å²) < 4.78 is 27.4. The third-order valence-electron chi connectivity index (χ3n) is 2.59. The van der Waals surface area contributed by atoms with Gasteiger partial charge in [0.05, 0.1) is 4.90 Å². The molecule has 0 aliphatic rings. The van der Waals surface area contributed by atoms with Gasteiger partial charge >= 0.3 is 0 Å². The van der Waals surface area contributed by atoms with E-state index in [0.29, 0.717) is 17.6 Å². The van der Waals surface area contributed by atoms with Gasteiger partial charge in [-0.1, -0.05) is 6.07 Å².